The van der Waals surface area contributed by atoms with Crippen LogP contribution < -0.4 is 11.1 Å². The molecular formula is C13H21ClN2O. The van der Waals surface area contributed by atoms with Gasteiger partial charge in [0, 0.05) is 18.7 Å². The van der Waals surface area contributed by atoms with Crippen molar-refractivity contribution < 1.29 is 4.79 Å². The lowest BCUT2D eigenvalue weighted by Crippen LogP contribution is -2.13. The van der Waals surface area contributed by atoms with Gasteiger partial charge in [-0.2, -0.15) is 0 Å². The first kappa shape index (κ1) is 15.9. The SMILES string of the molecule is CC(=O)Nc1ccc([C@H](N)CC(C)C)cc1.Cl. The van der Waals surface area contributed by atoms with Gasteiger partial charge in [-0.1, -0.05) is 26.0 Å². The molecule has 4 heteroatoms. The predicted octanol–water partition coefficient (Wildman–Crippen LogP) is 3.11. The number of amides is 1. The molecule has 0 heterocycles. The minimum atomic E-state index is -0.0563. The Balaban J connectivity index is 0.00000256. The molecule has 96 valence electrons. The standard InChI is InChI=1S/C13H20N2O.ClH/c1-9(2)8-13(14)11-4-6-12(7-5-11)15-10(3)16;/h4-7,9,13H,8,14H2,1-3H3,(H,15,16);1H/t13-;/m1./s1. The van der Waals surface area contributed by atoms with Gasteiger partial charge in [-0.15, -0.1) is 12.4 Å². The lowest BCUT2D eigenvalue weighted by Gasteiger charge is -2.14. The maximum absolute atomic E-state index is 10.8. The molecule has 0 unspecified atom stereocenters. The number of nitrogens with two attached hydrogens (primary N) is 1. The van der Waals surface area contributed by atoms with Crippen LogP contribution in [0.1, 0.15) is 38.8 Å². The predicted molar refractivity (Wildman–Crippen MR) is 74.4 cm³/mol. The molecule has 0 bridgehead atoms. The van der Waals surface area contributed by atoms with E-state index in [2.05, 4.69) is 19.2 Å². The molecule has 0 saturated carbocycles. The van der Waals surface area contributed by atoms with Crippen LogP contribution in [0.5, 0.6) is 0 Å². The highest BCUT2D eigenvalue weighted by Crippen LogP contribution is 2.20. The quantitative estimate of drug-likeness (QED) is 0.870. The Morgan fingerprint density at radius 3 is 2.24 bits per heavy atom. The van der Waals surface area contributed by atoms with E-state index in [-0.39, 0.29) is 24.4 Å². The summed E-state index contributed by atoms with van der Waals surface area (Å²) in [4.78, 5) is 10.8. The number of anilines is 1. The molecule has 0 fully saturated rings. The molecular weight excluding hydrogens is 236 g/mol. The summed E-state index contributed by atoms with van der Waals surface area (Å²) in [6.45, 7) is 5.81. The van der Waals surface area contributed by atoms with Crippen molar-refractivity contribution in [1.29, 1.82) is 0 Å². The molecule has 0 spiro atoms. The van der Waals surface area contributed by atoms with Crippen LogP contribution in [-0.2, 0) is 4.79 Å². The minimum absolute atomic E-state index is 0. The summed E-state index contributed by atoms with van der Waals surface area (Å²) >= 11 is 0. The fraction of sp³-hybridized carbons (Fsp3) is 0.462. The molecule has 1 rings (SSSR count). The molecule has 3 N–H and O–H groups in total. The summed E-state index contributed by atoms with van der Waals surface area (Å²) in [6, 6.07) is 7.79. The molecule has 1 aromatic carbocycles. The van der Waals surface area contributed by atoms with Gasteiger partial charge in [-0.3, -0.25) is 4.79 Å². The summed E-state index contributed by atoms with van der Waals surface area (Å²) in [5.74, 6) is 0.532. The normalized spacial score (nSPS) is 11.8. The number of hydrogen-bond acceptors (Lipinski definition) is 2. The second-order valence-electron chi connectivity index (χ2n) is 4.54. The average molecular weight is 257 g/mol. The highest BCUT2D eigenvalue weighted by atomic mass is 35.5. The van der Waals surface area contributed by atoms with Gasteiger partial charge in [-0.25, -0.2) is 0 Å². The Kier molecular flexibility index (Phi) is 6.85. The smallest absolute Gasteiger partial charge is 0.221 e. The van der Waals surface area contributed by atoms with Crippen molar-refractivity contribution in [2.75, 3.05) is 5.32 Å². The van der Waals surface area contributed by atoms with Crippen LogP contribution in [0.3, 0.4) is 0 Å². The molecule has 0 radical (unpaired) electrons. The number of hydrogen-bond donors (Lipinski definition) is 2. The second-order valence-corrected chi connectivity index (χ2v) is 4.54. The minimum Gasteiger partial charge on any atom is -0.326 e. The Bertz CT molecular complexity index is 349. The van der Waals surface area contributed by atoms with Gasteiger partial charge in [0.25, 0.3) is 0 Å². The first-order valence-electron chi connectivity index (χ1n) is 5.62. The summed E-state index contributed by atoms with van der Waals surface area (Å²) in [5, 5.41) is 2.73. The monoisotopic (exact) mass is 256 g/mol. The first-order chi connectivity index (χ1) is 7.49. The van der Waals surface area contributed by atoms with E-state index >= 15 is 0 Å². The van der Waals surface area contributed by atoms with Crippen molar-refractivity contribution in [3.63, 3.8) is 0 Å². The number of halogens is 1. The third-order valence-electron chi connectivity index (χ3n) is 2.38. The summed E-state index contributed by atoms with van der Waals surface area (Å²) in [6.07, 6.45) is 0.972. The summed E-state index contributed by atoms with van der Waals surface area (Å²) in [5.41, 5.74) is 7.99. The summed E-state index contributed by atoms with van der Waals surface area (Å²) in [7, 11) is 0. The van der Waals surface area contributed by atoms with E-state index in [0.717, 1.165) is 17.7 Å². The molecule has 0 aromatic heterocycles. The third-order valence-corrected chi connectivity index (χ3v) is 2.38. The third kappa shape index (κ3) is 5.71. The van der Waals surface area contributed by atoms with Crippen LogP contribution in [0.4, 0.5) is 5.69 Å². The van der Waals surface area contributed by atoms with Crippen molar-refractivity contribution in [3.8, 4) is 0 Å². The Morgan fingerprint density at radius 1 is 1.29 bits per heavy atom. The van der Waals surface area contributed by atoms with E-state index in [1.807, 2.05) is 24.3 Å². The molecule has 0 aliphatic rings. The highest BCUT2D eigenvalue weighted by Gasteiger charge is 2.08. The molecule has 0 saturated heterocycles. The molecule has 3 nitrogen and oxygen atoms in total. The fourth-order valence-corrected chi connectivity index (χ4v) is 1.66. The Hall–Kier alpha value is -1.06. The zero-order valence-electron chi connectivity index (χ0n) is 10.6. The average Bonchev–Trinajstić information content (AvgIpc) is 2.16. The van der Waals surface area contributed by atoms with Gasteiger partial charge >= 0.3 is 0 Å². The van der Waals surface area contributed by atoms with Crippen LogP contribution in [0.15, 0.2) is 24.3 Å². The summed E-state index contributed by atoms with van der Waals surface area (Å²) < 4.78 is 0. The lowest BCUT2D eigenvalue weighted by atomic mass is 9.98. The fourth-order valence-electron chi connectivity index (χ4n) is 1.66. The van der Waals surface area contributed by atoms with Crippen molar-refractivity contribution in [2.45, 2.75) is 33.2 Å². The van der Waals surface area contributed by atoms with E-state index in [4.69, 9.17) is 5.73 Å². The van der Waals surface area contributed by atoms with Gasteiger partial charge in [0.15, 0.2) is 0 Å². The van der Waals surface area contributed by atoms with Gasteiger partial charge < -0.3 is 11.1 Å². The van der Waals surface area contributed by atoms with E-state index in [0.29, 0.717) is 5.92 Å². The molecule has 1 atom stereocenters. The number of rotatable bonds is 4. The maximum Gasteiger partial charge on any atom is 0.221 e. The van der Waals surface area contributed by atoms with Crippen LogP contribution in [0, 0.1) is 5.92 Å². The highest BCUT2D eigenvalue weighted by molar-refractivity contribution is 5.88. The zero-order valence-corrected chi connectivity index (χ0v) is 11.4. The molecule has 0 aliphatic carbocycles. The van der Waals surface area contributed by atoms with Crippen LogP contribution in [-0.4, -0.2) is 5.91 Å². The number of nitrogens with one attached hydrogen (secondary N) is 1. The Labute approximate surface area is 109 Å². The second kappa shape index (κ2) is 7.30. The van der Waals surface area contributed by atoms with Crippen molar-refractivity contribution in [2.24, 2.45) is 11.7 Å². The van der Waals surface area contributed by atoms with Gasteiger partial charge in [0.1, 0.15) is 0 Å². The lowest BCUT2D eigenvalue weighted by molar-refractivity contribution is -0.114. The Morgan fingerprint density at radius 2 is 1.82 bits per heavy atom. The van der Waals surface area contributed by atoms with Crippen LogP contribution in [0.25, 0.3) is 0 Å². The molecule has 0 aliphatic heterocycles. The molecule has 1 aromatic rings. The van der Waals surface area contributed by atoms with Crippen LogP contribution >= 0.6 is 12.4 Å². The number of benzene rings is 1. The van der Waals surface area contributed by atoms with Crippen molar-refractivity contribution in [1.82, 2.24) is 0 Å². The first-order valence-corrected chi connectivity index (χ1v) is 5.62. The largest absolute Gasteiger partial charge is 0.326 e. The number of carbonyl (C=O) groups is 1. The molecule has 1 amide bonds. The van der Waals surface area contributed by atoms with Gasteiger partial charge in [-0.05, 0) is 30.0 Å². The van der Waals surface area contributed by atoms with Crippen molar-refractivity contribution in [3.05, 3.63) is 29.8 Å². The van der Waals surface area contributed by atoms with Gasteiger partial charge in [0.2, 0.25) is 5.91 Å². The van der Waals surface area contributed by atoms with Crippen LogP contribution in [0.2, 0.25) is 0 Å². The van der Waals surface area contributed by atoms with Crippen molar-refractivity contribution >= 4 is 24.0 Å². The zero-order chi connectivity index (χ0) is 12.1. The van der Waals surface area contributed by atoms with E-state index in [9.17, 15) is 4.79 Å². The van der Waals surface area contributed by atoms with E-state index < -0.39 is 0 Å². The molecule has 17 heavy (non-hydrogen) atoms. The topological polar surface area (TPSA) is 55.1 Å². The maximum atomic E-state index is 10.8. The number of carbonyl (C=O) groups excluding carboxylic acids is 1. The van der Waals surface area contributed by atoms with E-state index in [1.54, 1.807) is 0 Å². The van der Waals surface area contributed by atoms with E-state index in [1.165, 1.54) is 6.92 Å². The van der Waals surface area contributed by atoms with Gasteiger partial charge in [0.05, 0.1) is 0 Å².